The minimum atomic E-state index is -0.823. The Balaban J connectivity index is 2.14. The second kappa shape index (κ2) is 5.39. The maximum atomic E-state index is 14.3. The van der Waals surface area contributed by atoms with Crippen LogP contribution in [-0.2, 0) is 0 Å². The summed E-state index contributed by atoms with van der Waals surface area (Å²) in [7, 11) is 0. The van der Waals surface area contributed by atoms with Gasteiger partial charge in [-0.3, -0.25) is 4.90 Å². The normalized spacial score (nSPS) is 20.8. The number of guanidine groups is 2. The predicted molar refractivity (Wildman–Crippen MR) is 82.9 cm³/mol. The van der Waals surface area contributed by atoms with Gasteiger partial charge in [0.05, 0.1) is 10.7 Å². The van der Waals surface area contributed by atoms with Crippen molar-refractivity contribution >= 4 is 29.2 Å². The standard InChI is InChI=1S/C14H16ClF2N5/c15-8-6-11(10(17)7-9(8)16)22-13(19)20-12(18)21-14(22)4-2-1-3-5-14/h6-7H,1-5H2,(H4,18,19,20,21). The van der Waals surface area contributed by atoms with Crippen molar-refractivity contribution in [1.29, 1.82) is 0 Å². The molecular formula is C14H16ClF2N5. The highest BCUT2D eigenvalue weighted by molar-refractivity contribution is 6.31. The number of aliphatic imine (C=N–C) groups is 2. The van der Waals surface area contributed by atoms with Crippen LogP contribution in [0.5, 0.6) is 0 Å². The van der Waals surface area contributed by atoms with Gasteiger partial charge in [0.2, 0.25) is 11.9 Å². The van der Waals surface area contributed by atoms with Crippen LogP contribution >= 0.6 is 11.6 Å². The van der Waals surface area contributed by atoms with Gasteiger partial charge < -0.3 is 11.5 Å². The van der Waals surface area contributed by atoms with Crippen LogP contribution in [0.3, 0.4) is 0 Å². The Morgan fingerprint density at radius 3 is 2.45 bits per heavy atom. The van der Waals surface area contributed by atoms with E-state index in [1.165, 1.54) is 11.0 Å². The van der Waals surface area contributed by atoms with Crippen molar-refractivity contribution in [2.75, 3.05) is 4.90 Å². The second-order valence-corrected chi connectivity index (χ2v) is 5.94. The Labute approximate surface area is 131 Å². The van der Waals surface area contributed by atoms with Crippen LogP contribution in [0.4, 0.5) is 14.5 Å². The zero-order chi connectivity index (χ0) is 15.9. The lowest BCUT2D eigenvalue weighted by Crippen LogP contribution is -2.58. The third-order valence-corrected chi connectivity index (χ3v) is 4.37. The van der Waals surface area contributed by atoms with Crippen molar-refractivity contribution in [2.24, 2.45) is 21.5 Å². The van der Waals surface area contributed by atoms with Gasteiger partial charge in [-0.1, -0.05) is 18.0 Å². The number of hydrogen-bond donors (Lipinski definition) is 2. The highest BCUT2D eigenvalue weighted by Gasteiger charge is 2.43. The van der Waals surface area contributed by atoms with E-state index in [0.717, 1.165) is 25.3 Å². The van der Waals surface area contributed by atoms with Crippen LogP contribution in [0.2, 0.25) is 5.02 Å². The van der Waals surface area contributed by atoms with E-state index in [9.17, 15) is 8.78 Å². The Morgan fingerprint density at radius 2 is 1.77 bits per heavy atom. The second-order valence-electron chi connectivity index (χ2n) is 5.54. The third-order valence-electron chi connectivity index (χ3n) is 4.08. The van der Waals surface area contributed by atoms with Gasteiger partial charge in [-0.05, 0) is 31.7 Å². The molecule has 1 heterocycles. The first-order valence-electron chi connectivity index (χ1n) is 7.07. The van der Waals surface area contributed by atoms with Gasteiger partial charge in [-0.15, -0.1) is 0 Å². The quantitative estimate of drug-likeness (QED) is 0.778. The van der Waals surface area contributed by atoms with Crippen molar-refractivity contribution in [1.82, 2.24) is 0 Å². The summed E-state index contributed by atoms with van der Waals surface area (Å²) >= 11 is 5.80. The maximum absolute atomic E-state index is 14.3. The Bertz CT molecular complexity index is 667. The molecule has 0 radical (unpaired) electrons. The predicted octanol–water partition coefficient (Wildman–Crippen LogP) is 2.73. The van der Waals surface area contributed by atoms with Crippen LogP contribution in [0.25, 0.3) is 0 Å². The molecule has 0 amide bonds. The van der Waals surface area contributed by atoms with E-state index < -0.39 is 17.3 Å². The maximum Gasteiger partial charge on any atom is 0.220 e. The third kappa shape index (κ3) is 2.39. The monoisotopic (exact) mass is 327 g/mol. The van der Waals surface area contributed by atoms with Crippen LogP contribution in [-0.4, -0.2) is 17.6 Å². The molecule has 118 valence electrons. The number of rotatable bonds is 1. The smallest absolute Gasteiger partial charge is 0.220 e. The molecule has 0 bridgehead atoms. The van der Waals surface area contributed by atoms with Crippen molar-refractivity contribution < 1.29 is 8.78 Å². The first kappa shape index (κ1) is 15.0. The van der Waals surface area contributed by atoms with Gasteiger partial charge in [0.15, 0.2) is 0 Å². The van der Waals surface area contributed by atoms with Crippen molar-refractivity contribution in [3.63, 3.8) is 0 Å². The molecule has 0 atom stereocenters. The Kier molecular flexibility index (Phi) is 3.68. The molecule has 8 heteroatoms. The average Bonchev–Trinajstić information content (AvgIpc) is 2.44. The van der Waals surface area contributed by atoms with Gasteiger partial charge in [-0.2, -0.15) is 4.99 Å². The van der Waals surface area contributed by atoms with Crippen molar-refractivity contribution in [3.8, 4) is 0 Å². The van der Waals surface area contributed by atoms with Crippen LogP contribution in [0.1, 0.15) is 32.1 Å². The van der Waals surface area contributed by atoms with Crippen LogP contribution in [0, 0.1) is 11.6 Å². The zero-order valence-electron chi connectivity index (χ0n) is 11.8. The van der Waals surface area contributed by atoms with Crippen molar-refractivity contribution in [3.05, 3.63) is 28.8 Å². The van der Waals surface area contributed by atoms with E-state index in [1.54, 1.807) is 0 Å². The number of nitrogens with zero attached hydrogens (tertiary/aromatic N) is 3. The van der Waals surface area contributed by atoms with Crippen LogP contribution in [0.15, 0.2) is 22.1 Å². The fourth-order valence-electron chi connectivity index (χ4n) is 3.15. The van der Waals surface area contributed by atoms with Gasteiger partial charge in [0.25, 0.3) is 0 Å². The summed E-state index contributed by atoms with van der Waals surface area (Å²) in [6, 6.07) is 1.95. The first-order chi connectivity index (χ1) is 10.4. The van der Waals surface area contributed by atoms with Gasteiger partial charge in [-0.25, -0.2) is 13.8 Å². The largest absolute Gasteiger partial charge is 0.369 e. The molecule has 1 saturated carbocycles. The number of halogens is 3. The molecule has 22 heavy (non-hydrogen) atoms. The molecule has 1 aromatic rings. The van der Waals surface area contributed by atoms with Crippen molar-refractivity contribution in [2.45, 2.75) is 37.8 Å². The van der Waals surface area contributed by atoms with Gasteiger partial charge >= 0.3 is 0 Å². The lowest BCUT2D eigenvalue weighted by atomic mass is 9.87. The molecule has 0 aromatic heterocycles. The molecule has 2 aliphatic rings. The lowest BCUT2D eigenvalue weighted by Gasteiger charge is -2.45. The zero-order valence-corrected chi connectivity index (χ0v) is 12.6. The molecule has 4 N–H and O–H groups in total. The highest BCUT2D eigenvalue weighted by atomic mass is 35.5. The molecule has 1 fully saturated rings. The molecule has 0 saturated heterocycles. The SMILES string of the molecule is NC1=NC2(CCCCC2)N(c2cc(Cl)c(F)cc2F)C(N)=N1. The molecule has 1 aliphatic carbocycles. The summed E-state index contributed by atoms with van der Waals surface area (Å²) in [6.45, 7) is 0. The summed E-state index contributed by atoms with van der Waals surface area (Å²) in [5.74, 6) is -1.47. The number of nitrogens with two attached hydrogens (primary N) is 2. The highest BCUT2D eigenvalue weighted by Crippen LogP contribution is 2.41. The lowest BCUT2D eigenvalue weighted by molar-refractivity contribution is 0.304. The van der Waals surface area contributed by atoms with E-state index in [-0.39, 0.29) is 22.6 Å². The number of benzene rings is 1. The fourth-order valence-corrected chi connectivity index (χ4v) is 3.31. The van der Waals surface area contributed by atoms with Gasteiger partial charge in [0, 0.05) is 6.07 Å². The Hall–Kier alpha value is -1.89. The first-order valence-corrected chi connectivity index (χ1v) is 7.45. The summed E-state index contributed by atoms with van der Waals surface area (Å²) < 4.78 is 27.7. The van der Waals surface area contributed by atoms with Crippen LogP contribution < -0.4 is 16.4 Å². The van der Waals surface area contributed by atoms with E-state index in [1.807, 2.05) is 0 Å². The molecule has 3 rings (SSSR count). The minimum Gasteiger partial charge on any atom is -0.369 e. The van der Waals surface area contributed by atoms with E-state index in [2.05, 4.69) is 9.98 Å². The number of anilines is 1. The number of hydrogen-bond acceptors (Lipinski definition) is 5. The summed E-state index contributed by atoms with van der Waals surface area (Å²) in [6.07, 6.45) is 4.22. The summed E-state index contributed by atoms with van der Waals surface area (Å²) in [4.78, 5) is 9.84. The molecule has 1 aromatic carbocycles. The molecule has 5 nitrogen and oxygen atoms in total. The van der Waals surface area contributed by atoms with E-state index in [0.29, 0.717) is 12.8 Å². The molecule has 1 spiro atoms. The average molecular weight is 328 g/mol. The summed E-state index contributed by atoms with van der Waals surface area (Å²) in [5, 5.41) is -0.183. The minimum absolute atomic E-state index is 0.0379. The van der Waals surface area contributed by atoms with E-state index >= 15 is 0 Å². The van der Waals surface area contributed by atoms with Gasteiger partial charge in [0.1, 0.15) is 17.3 Å². The molecular weight excluding hydrogens is 312 g/mol. The van der Waals surface area contributed by atoms with E-state index in [4.69, 9.17) is 23.1 Å². The topological polar surface area (TPSA) is 80.0 Å². The molecule has 1 aliphatic heterocycles. The summed E-state index contributed by atoms with van der Waals surface area (Å²) in [5.41, 5.74) is 11.0. The Morgan fingerprint density at radius 1 is 1.09 bits per heavy atom. The molecule has 0 unspecified atom stereocenters. The fraction of sp³-hybridized carbons (Fsp3) is 0.429.